The monoisotopic (exact) mass is 248 g/mol. The van der Waals surface area contributed by atoms with E-state index in [9.17, 15) is 4.79 Å². The molecule has 18 heavy (non-hydrogen) atoms. The third-order valence-corrected chi connectivity index (χ3v) is 2.85. The number of aryl methyl sites for hydroxylation is 1. The molecule has 0 bridgehead atoms. The molecule has 0 aliphatic rings. The number of rotatable bonds is 5. The Morgan fingerprint density at radius 2 is 2.33 bits per heavy atom. The molecule has 0 amide bonds. The van der Waals surface area contributed by atoms with Crippen molar-refractivity contribution < 1.29 is 14.3 Å². The third-order valence-electron chi connectivity index (χ3n) is 2.85. The zero-order valence-electron chi connectivity index (χ0n) is 10.2. The quantitative estimate of drug-likeness (QED) is 0.848. The van der Waals surface area contributed by atoms with Gasteiger partial charge in [-0.3, -0.25) is 4.79 Å². The Morgan fingerprint density at radius 3 is 3.06 bits per heavy atom. The van der Waals surface area contributed by atoms with E-state index in [1.165, 1.54) is 0 Å². The standard InChI is InChI=1S/C13H16N2O3/c1-8-15-11-6-5-9(7-12(11)18-8)10(14)3-2-4-13(16)17/h5-7,10H,2-4,14H2,1H3,(H,16,17). The molecular formula is C13H16N2O3. The molecule has 5 heteroatoms. The van der Waals surface area contributed by atoms with Crippen molar-refractivity contribution in [3.8, 4) is 0 Å². The number of aromatic nitrogens is 1. The molecule has 0 spiro atoms. The molecule has 0 saturated carbocycles. The summed E-state index contributed by atoms with van der Waals surface area (Å²) in [5.74, 6) is -0.162. The first-order valence-corrected chi connectivity index (χ1v) is 5.91. The van der Waals surface area contributed by atoms with Crippen molar-refractivity contribution in [1.29, 1.82) is 0 Å². The summed E-state index contributed by atoms with van der Waals surface area (Å²) < 4.78 is 5.44. The Morgan fingerprint density at radius 1 is 1.56 bits per heavy atom. The second-order valence-electron chi connectivity index (χ2n) is 4.35. The van der Waals surface area contributed by atoms with E-state index in [0.29, 0.717) is 18.7 Å². The van der Waals surface area contributed by atoms with E-state index in [1.807, 2.05) is 18.2 Å². The third kappa shape index (κ3) is 2.87. The lowest BCUT2D eigenvalue weighted by Crippen LogP contribution is -2.10. The molecule has 2 rings (SSSR count). The first-order chi connectivity index (χ1) is 8.56. The van der Waals surface area contributed by atoms with Gasteiger partial charge in [-0.1, -0.05) is 6.07 Å². The lowest BCUT2D eigenvalue weighted by atomic mass is 10.0. The minimum atomic E-state index is -0.788. The maximum absolute atomic E-state index is 10.4. The summed E-state index contributed by atoms with van der Waals surface area (Å²) >= 11 is 0. The van der Waals surface area contributed by atoms with E-state index in [4.69, 9.17) is 15.3 Å². The van der Waals surface area contributed by atoms with Gasteiger partial charge in [-0.05, 0) is 30.5 Å². The van der Waals surface area contributed by atoms with Gasteiger partial charge in [0.15, 0.2) is 11.5 Å². The van der Waals surface area contributed by atoms with Crippen molar-refractivity contribution in [2.75, 3.05) is 0 Å². The summed E-state index contributed by atoms with van der Waals surface area (Å²) in [6, 6.07) is 5.49. The molecule has 2 aromatic rings. The average Bonchev–Trinajstić information content (AvgIpc) is 2.67. The van der Waals surface area contributed by atoms with E-state index in [0.717, 1.165) is 16.7 Å². The number of carboxylic acid groups (broad SMARTS) is 1. The van der Waals surface area contributed by atoms with Gasteiger partial charge in [-0.15, -0.1) is 0 Å². The number of carboxylic acids is 1. The highest BCUT2D eigenvalue weighted by molar-refractivity contribution is 5.73. The van der Waals surface area contributed by atoms with Crippen LogP contribution in [0.4, 0.5) is 0 Å². The van der Waals surface area contributed by atoms with Crippen LogP contribution in [0.1, 0.15) is 36.8 Å². The van der Waals surface area contributed by atoms with Gasteiger partial charge in [-0.2, -0.15) is 0 Å². The highest BCUT2D eigenvalue weighted by Crippen LogP contribution is 2.22. The Kier molecular flexibility index (Phi) is 3.62. The fourth-order valence-corrected chi connectivity index (χ4v) is 1.93. The van der Waals surface area contributed by atoms with Crippen molar-refractivity contribution in [1.82, 2.24) is 4.98 Å². The second-order valence-corrected chi connectivity index (χ2v) is 4.35. The SMILES string of the molecule is Cc1nc2ccc(C(N)CCCC(=O)O)cc2o1. The Hall–Kier alpha value is -1.88. The predicted octanol–water partition coefficient (Wildman–Crippen LogP) is 2.39. The number of hydrogen-bond acceptors (Lipinski definition) is 4. The number of aliphatic carboxylic acids is 1. The van der Waals surface area contributed by atoms with E-state index in [-0.39, 0.29) is 12.5 Å². The number of hydrogen-bond donors (Lipinski definition) is 2. The Balaban J connectivity index is 2.07. The number of fused-ring (bicyclic) bond motifs is 1. The molecule has 96 valence electrons. The van der Waals surface area contributed by atoms with E-state index in [1.54, 1.807) is 6.92 Å². The predicted molar refractivity (Wildman–Crippen MR) is 67.2 cm³/mol. The molecule has 5 nitrogen and oxygen atoms in total. The van der Waals surface area contributed by atoms with Crippen molar-refractivity contribution >= 4 is 17.1 Å². The van der Waals surface area contributed by atoms with Gasteiger partial charge in [-0.25, -0.2) is 4.98 Å². The molecule has 1 aromatic carbocycles. The average molecular weight is 248 g/mol. The van der Waals surface area contributed by atoms with Crippen molar-refractivity contribution in [2.24, 2.45) is 5.73 Å². The zero-order valence-corrected chi connectivity index (χ0v) is 10.2. The summed E-state index contributed by atoms with van der Waals surface area (Å²) in [5.41, 5.74) is 8.51. The molecular weight excluding hydrogens is 232 g/mol. The fourth-order valence-electron chi connectivity index (χ4n) is 1.93. The zero-order chi connectivity index (χ0) is 13.1. The molecule has 1 heterocycles. The van der Waals surface area contributed by atoms with Crippen LogP contribution in [0.15, 0.2) is 22.6 Å². The minimum Gasteiger partial charge on any atom is -0.481 e. The fraction of sp³-hybridized carbons (Fsp3) is 0.385. The van der Waals surface area contributed by atoms with Gasteiger partial charge >= 0.3 is 5.97 Å². The number of nitrogens with zero attached hydrogens (tertiary/aromatic N) is 1. The van der Waals surface area contributed by atoms with Gasteiger partial charge in [0.2, 0.25) is 0 Å². The minimum absolute atomic E-state index is 0.150. The number of carbonyl (C=O) groups is 1. The lowest BCUT2D eigenvalue weighted by Gasteiger charge is -2.10. The smallest absolute Gasteiger partial charge is 0.303 e. The molecule has 0 saturated heterocycles. The summed E-state index contributed by atoms with van der Waals surface area (Å²) in [6.07, 6.45) is 1.37. The van der Waals surface area contributed by atoms with Crippen LogP contribution < -0.4 is 5.73 Å². The van der Waals surface area contributed by atoms with Crippen molar-refractivity contribution in [2.45, 2.75) is 32.2 Å². The van der Waals surface area contributed by atoms with Crippen molar-refractivity contribution in [3.05, 3.63) is 29.7 Å². The van der Waals surface area contributed by atoms with E-state index < -0.39 is 5.97 Å². The van der Waals surface area contributed by atoms with Crippen LogP contribution in [-0.4, -0.2) is 16.1 Å². The van der Waals surface area contributed by atoms with E-state index in [2.05, 4.69) is 4.98 Å². The summed E-state index contributed by atoms with van der Waals surface area (Å²) in [7, 11) is 0. The maximum Gasteiger partial charge on any atom is 0.303 e. The van der Waals surface area contributed by atoms with Crippen LogP contribution in [-0.2, 0) is 4.79 Å². The first kappa shape index (κ1) is 12.6. The molecule has 0 aliphatic heterocycles. The molecule has 1 aromatic heterocycles. The topological polar surface area (TPSA) is 89.3 Å². The normalized spacial score (nSPS) is 12.8. The first-order valence-electron chi connectivity index (χ1n) is 5.91. The second kappa shape index (κ2) is 5.18. The summed E-state index contributed by atoms with van der Waals surface area (Å²) in [6.45, 7) is 1.80. The maximum atomic E-state index is 10.4. The van der Waals surface area contributed by atoms with Crippen LogP contribution in [0, 0.1) is 6.92 Å². The number of nitrogens with two attached hydrogens (primary N) is 1. The summed E-state index contributed by atoms with van der Waals surface area (Å²) in [5, 5.41) is 8.58. The van der Waals surface area contributed by atoms with Crippen LogP contribution in [0.25, 0.3) is 11.1 Å². The van der Waals surface area contributed by atoms with Gasteiger partial charge in [0.25, 0.3) is 0 Å². The molecule has 0 fully saturated rings. The largest absolute Gasteiger partial charge is 0.481 e. The lowest BCUT2D eigenvalue weighted by molar-refractivity contribution is -0.137. The molecule has 0 radical (unpaired) electrons. The van der Waals surface area contributed by atoms with Crippen molar-refractivity contribution in [3.63, 3.8) is 0 Å². The van der Waals surface area contributed by atoms with Gasteiger partial charge in [0, 0.05) is 19.4 Å². The van der Waals surface area contributed by atoms with E-state index >= 15 is 0 Å². The van der Waals surface area contributed by atoms with Crippen LogP contribution in [0.3, 0.4) is 0 Å². The van der Waals surface area contributed by atoms with Crippen LogP contribution in [0.5, 0.6) is 0 Å². The van der Waals surface area contributed by atoms with Gasteiger partial charge in [0.1, 0.15) is 5.52 Å². The van der Waals surface area contributed by atoms with Gasteiger partial charge < -0.3 is 15.3 Å². The molecule has 1 unspecified atom stereocenters. The highest BCUT2D eigenvalue weighted by Gasteiger charge is 2.10. The molecule has 0 aliphatic carbocycles. The molecule has 3 N–H and O–H groups in total. The van der Waals surface area contributed by atoms with Crippen LogP contribution in [0.2, 0.25) is 0 Å². The van der Waals surface area contributed by atoms with Crippen LogP contribution >= 0.6 is 0 Å². The number of benzene rings is 1. The summed E-state index contributed by atoms with van der Waals surface area (Å²) in [4.78, 5) is 14.6. The highest BCUT2D eigenvalue weighted by atomic mass is 16.4. The Bertz CT molecular complexity index is 562. The number of oxazole rings is 1. The Labute approximate surface area is 105 Å². The molecule has 1 atom stereocenters. The van der Waals surface area contributed by atoms with Gasteiger partial charge in [0.05, 0.1) is 0 Å².